The number of hydrogen-bond donors (Lipinski definition) is 0. The maximum atomic E-state index is 13.3. The molecule has 0 saturated carbocycles. The van der Waals surface area contributed by atoms with E-state index in [4.69, 9.17) is 0 Å². The number of hydrogen-bond acceptors (Lipinski definition) is 5. The average Bonchev–Trinajstić information content (AvgIpc) is 3.22. The van der Waals surface area contributed by atoms with Crippen LogP contribution in [0, 0.1) is 11.6 Å². The van der Waals surface area contributed by atoms with Crippen LogP contribution in [0.3, 0.4) is 0 Å². The average molecular weight is 419 g/mol. The van der Waals surface area contributed by atoms with Gasteiger partial charge in [0.05, 0.1) is 5.75 Å². The summed E-state index contributed by atoms with van der Waals surface area (Å²) in [4.78, 5) is 1.96. The number of anilines is 1. The summed E-state index contributed by atoms with van der Waals surface area (Å²) in [5.41, 5.74) is 0.0939. The maximum absolute atomic E-state index is 13.3. The van der Waals surface area contributed by atoms with E-state index in [9.17, 15) is 17.2 Å². The Kier molecular flexibility index (Phi) is 5.29. The van der Waals surface area contributed by atoms with Crippen LogP contribution >= 0.6 is 0 Å². The molecule has 0 spiro atoms. The van der Waals surface area contributed by atoms with Gasteiger partial charge >= 0.3 is 0 Å². The lowest BCUT2D eigenvalue weighted by molar-refractivity contribution is 0.383. The number of benzene rings is 1. The van der Waals surface area contributed by atoms with E-state index < -0.39 is 27.4 Å². The number of aromatic nitrogens is 3. The van der Waals surface area contributed by atoms with Crippen LogP contribution in [0.5, 0.6) is 0 Å². The van der Waals surface area contributed by atoms with Crippen LogP contribution in [0.15, 0.2) is 54.9 Å². The van der Waals surface area contributed by atoms with Gasteiger partial charge in [0, 0.05) is 44.6 Å². The molecule has 0 amide bonds. The standard InChI is InChI=1S/C19H19F2N5O2S/c20-16-11-15(12-17(21)13-16)14-29(27,28)26-9-7-25(8-10-26)19-4-3-18(22-23-19)24-5-1-2-6-24/h1-6,11-13H,7-10,14H2. The second kappa shape index (κ2) is 7.88. The van der Waals surface area contributed by atoms with E-state index in [0.717, 1.165) is 18.2 Å². The van der Waals surface area contributed by atoms with Crippen molar-refractivity contribution in [1.29, 1.82) is 0 Å². The normalized spacial score (nSPS) is 15.6. The van der Waals surface area contributed by atoms with E-state index in [1.54, 1.807) is 0 Å². The van der Waals surface area contributed by atoms with Gasteiger partial charge in [0.25, 0.3) is 0 Å². The van der Waals surface area contributed by atoms with E-state index in [0.29, 0.717) is 24.7 Å². The van der Waals surface area contributed by atoms with Gasteiger partial charge in [0.1, 0.15) is 11.6 Å². The third kappa shape index (κ3) is 4.43. The Morgan fingerprint density at radius 1 is 0.862 bits per heavy atom. The summed E-state index contributed by atoms with van der Waals surface area (Å²) >= 11 is 0. The van der Waals surface area contributed by atoms with Crippen LogP contribution in [0.2, 0.25) is 0 Å². The minimum absolute atomic E-state index is 0.0939. The Labute approximate surface area is 167 Å². The second-order valence-corrected chi connectivity index (χ2v) is 8.73. The lowest BCUT2D eigenvalue weighted by atomic mass is 10.2. The molecule has 1 aliphatic rings. The van der Waals surface area contributed by atoms with Gasteiger partial charge in [0.15, 0.2) is 11.6 Å². The Balaban J connectivity index is 1.39. The van der Waals surface area contributed by atoms with E-state index in [2.05, 4.69) is 10.2 Å². The quantitative estimate of drug-likeness (QED) is 0.634. The van der Waals surface area contributed by atoms with Crippen molar-refractivity contribution < 1.29 is 17.2 Å². The molecule has 1 aliphatic heterocycles. The molecule has 3 heterocycles. The summed E-state index contributed by atoms with van der Waals surface area (Å²) in [5, 5.41) is 8.44. The Hall–Kier alpha value is -2.85. The zero-order chi connectivity index (χ0) is 20.4. The summed E-state index contributed by atoms with van der Waals surface area (Å²) in [5.74, 6) is -0.649. The molecular weight excluding hydrogens is 400 g/mol. The van der Waals surface area contributed by atoms with Crippen molar-refractivity contribution in [2.45, 2.75) is 5.75 Å². The Morgan fingerprint density at radius 2 is 1.45 bits per heavy atom. The van der Waals surface area contributed by atoms with Gasteiger partial charge in [-0.05, 0) is 42.0 Å². The number of piperazine rings is 1. The molecule has 152 valence electrons. The van der Waals surface area contributed by atoms with Crippen molar-refractivity contribution in [3.8, 4) is 5.82 Å². The van der Waals surface area contributed by atoms with Gasteiger partial charge in [-0.3, -0.25) is 0 Å². The minimum atomic E-state index is -3.68. The molecule has 3 aromatic rings. The highest BCUT2D eigenvalue weighted by Crippen LogP contribution is 2.19. The lowest BCUT2D eigenvalue weighted by Gasteiger charge is -2.34. The fourth-order valence-corrected chi connectivity index (χ4v) is 4.79. The summed E-state index contributed by atoms with van der Waals surface area (Å²) in [7, 11) is -3.68. The first kappa shape index (κ1) is 19.5. The predicted octanol–water partition coefficient (Wildman–Crippen LogP) is 2.20. The van der Waals surface area contributed by atoms with E-state index >= 15 is 0 Å². The molecule has 0 atom stereocenters. The van der Waals surface area contributed by atoms with Gasteiger partial charge < -0.3 is 9.47 Å². The Bertz CT molecular complexity index is 1060. The molecule has 29 heavy (non-hydrogen) atoms. The van der Waals surface area contributed by atoms with Crippen LogP contribution in [0.1, 0.15) is 5.56 Å². The van der Waals surface area contributed by atoms with Crippen molar-refractivity contribution in [3.05, 3.63) is 72.1 Å². The predicted molar refractivity (Wildman–Crippen MR) is 104 cm³/mol. The fraction of sp³-hybridized carbons (Fsp3) is 0.263. The molecular formula is C19H19F2N5O2S. The first-order valence-corrected chi connectivity index (χ1v) is 10.7. The largest absolute Gasteiger partial charge is 0.352 e. The lowest BCUT2D eigenvalue weighted by Crippen LogP contribution is -2.49. The van der Waals surface area contributed by atoms with Crippen molar-refractivity contribution in [2.75, 3.05) is 31.1 Å². The highest BCUT2D eigenvalue weighted by molar-refractivity contribution is 7.88. The van der Waals surface area contributed by atoms with E-state index in [1.165, 1.54) is 4.31 Å². The molecule has 0 bridgehead atoms. The van der Waals surface area contributed by atoms with Gasteiger partial charge in [-0.25, -0.2) is 17.2 Å². The summed E-state index contributed by atoms with van der Waals surface area (Å²) < 4.78 is 55.1. The molecule has 0 aliphatic carbocycles. The van der Waals surface area contributed by atoms with Crippen molar-refractivity contribution in [2.24, 2.45) is 0 Å². The zero-order valence-corrected chi connectivity index (χ0v) is 16.3. The Morgan fingerprint density at radius 3 is 2.03 bits per heavy atom. The van der Waals surface area contributed by atoms with Crippen LogP contribution in [-0.2, 0) is 15.8 Å². The van der Waals surface area contributed by atoms with Crippen LogP contribution in [0.4, 0.5) is 14.6 Å². The van der Waals surface area contributed by atoms with Gasteiger partial charge in [0.2, 0.25) is 10.0 Å². The molecule has 2 aromatic heterocycles. The number of halogens is 2. The van der Waals surface area contributed by atoms with Crippen molar-refractivity contribution >= 4 is 15.8 Å². The second-order valence-electron chi connectivity index (χ2n) is 6.76. The van der Waals surface area contributed by atoms with Gasteiger partial charge in [-0.15, -0.1) is 10.2 Å². The van der Waals surface area contributed by atoms with Crippen molar-refractivity contribution in [1.82, 2.24) is 19.1 Å². The van der Waals surface area contributed by atoms with E-state index in [1.807, 2.05) is 46.1 Å². The zero-order valence-electron chi connectivity index (χ0n) is 15.4. The summed E-state index contributed by atoms with van der Waals surface area (Å²) in [6.07, 6.45) is 3.75. The van der Waals surface area contributed by atoms with Crippen LogP contribution < -0.4 is 4.90 Å². The first-order valence-electron chi connectivity index (χ1n) is 9.05. The van der Waals surface area contributed by atoms with Crippen LogP contribution in [-0.4, -0.2) is 53.7 Å². The first-order chi connectivity index (χ1) is 13.9. The minimum Gasteiger partial charge on any atom is -0.352 e. The fourth-order valence-electron chi connectivity index (χ4n) is 3.30. The smallest absolute Gasteiger partial charge is 0.218 e. The number of nitrogens with zero attached hydrogens (tertiary/aromatic N) is 5. The van der Waals surface area contributed by atoms with E-state index in [-0.39, 0.29) is 18.7 Å². The van der Waals surface area contributed by atoms with Gasteiger partial charge in [-0.2, -0.15) is 4.31 Å². The number of rotatable bonds is 5. The molecule has 0 unspecified atom stereocenters. The summed E-state index contributed by atoms with van der Waals surface area (Å²) in [6, 6.07) is 10.3. The highest BCUT2D eigenvalue weighted by Gasteiger charge is 2.28. The molecule has 1 saturated heterocycles. The molecule has 10 heteroatoms. The third-order valence-corrected chi connectivity index (χ3v) is 6.58. The topological polar surface area (TPSA) is 71.3 Å². The number of sulfonamides is 1. The van der Waals surface area contributed by atoms with Crippen molar-refractivity contribution in [3.63, 3.8) is 0 Å². The van der Waals surface area contributed by atoms with Gasteiger partial charge in [-0.1, -0.05) is 0 Å². The molecule has 0 N–H and O–H groups in total. The molecule has 0 radical (unpaired) electrons. The molecule has 1 fully saturated rings. The SMILES string of the molecule is O=S(=O)(Cc1cc(F)cc(F)c1)N1CCN(c2ccc(-n3cccc3)nn2)CC1. The third-order valence-electron chi connectivity index (χ3n) is 4.73. The van der Waals surface area contributed by atoms with Crippen LogP contribution in [0.25, 0.3) is 5.82 Å². The molecule has 7 nitrogen and oxygen atoms in total. The molecule has 1 aromatic carbocycles. The monoisotopic (exact) mass is 419 g/mol. The highest BCUT2D eigenvalue weighted by atomic mass is 32.2. The summed E-state index contributed by atoms with van der Waals surface area (Å²) in [6.45, 7) is 1.44. The maximum Gasteiger partial charge on any atom is 0.218 e. The molecule has 4 rings (SSSR count).